The summed E-state index contributed by atoms with van der Waals surface area (Å²) < 4.78 is 0. The smallest absolute Gasteiger partial charge is 0.0775 e. The second-order valence-corrected chi connectivity index (χ2v) is 5.19. The van der Waals surface area contributed by atoms with Gasteiger partial charge in [-0.05, 0) is 30.2 Å². The first-order valence-corrected chi connectivity index (χ1v) is 5.86. The van der Waals surface area contributed by atoms with Gasteiger partial charge in [0.15, 0.2) is 0 Å². The Kier molecular flexibility index (Phi) is 7.13. The molecular formula is C11H24N4O. The lowest BCUT2D eigenvalue weighted by Crippen LogP contribution is -2.43. The molecule has 0 amide bonds. The van der Waals surface area contributed by atoms with Crippen molar-refractivity contribution in [3.8, 4) is 0 Å². The monoisotopic (exact) mass is 228 g/mol. The van der Waals surface area contributed by atoms with Crippen molar-refractivity contribution in [2.75, 3.05) is 0 Å². The summed E-state index contributed by atoms with van der Waals surface area (Å²) in [5, 5.41) is 13.7. The van der Waals surface area contributed by atoms with Gasteiger partial charge in [0, 0.05) is 11.0 Å². The Hall–Kier alpha value is -0.770. The fraction of sp³-hybridized carbons (Fsp3) is 1.00. The molecule has 3 atom stereocenters. The summed E-state index contributed by atoms with van der Waals surface area (Å²) in [6.07, 6.45) is 0.647. The van der Waals surface area contributed by atoms with E-state index in [2.05, 4.69) is 23.9 Å². The number of aliphatic hydroxyl groups is 1. The molecule has 16 heavy (non-hydrogen) atoms. The Balaban J connectivity index is 4.46. The van der Waals surface area contributed by atoms with Crippen LogP contribution in [0.3, 0.4) is 0 Å². The number of azide groups is 1. The summed E-state index contributed by atoms with van der Waals surface area (Å²) in [4.78, 5) is 2.78. The van der Waals surface area contributed by atoms with Gasteiger partial charge < -0.3 is 10.8 Å². The van der Waals surface area contributed by atoms with Crippen LogP contribution in [0.5, 0.6) is 0 Å². The molecule has 94 valence electrons. The zero-order valence-electron chi connectivity index (χ0n) is 10.7. The number of nitrogens with two attached hydrogens (primary N) is 1. The minimum absolute atomic E-state index is 0.325. The highest BCUT2D eigenvalue weighted by atomic mass is 16.3. The van der Waals surface area contributed by atoms with E-state index in [9.17, 15) is 5.11 Å². The minimum atomic E-state index is -0.749. The van der Waals surface area contributed by atoms with Gasteiger partial charge in [-0.3, -0.25) is 0 Å². The molecule has 0 aromatic rings. The van der Waals surface area contributed by atoms with Gasteiger partial charge in [-0.25, -0.2) is 0 Å². The number of nitrogens with zero attached hydrogens (tertiary/aromatic N) is 3. The Labute approximate surface area is 97.7 Å². The van der Waals surface area contributed by atoms with Gasteiger partial charge >= 0.3 is 0 Å². The minimum Gasteiger partial charge on any atom is -0.391 e. The lowest BCUT2D eigenvalue weighted by Gasteiger charge is -2.26. The standard InChI is InChI=1S/C11H24N4O/c1-7(2)5-9(12)11(16)10(14-15-13)6-8(3)4/h7-11,16H,5-6,12H2,1-4H3. The second kappa shape index (κ2) is 7.49. The molecule has 0 spiro atoms. The first-order valence-electron chi connectivity index (χ1n) is 5.86. The normalized spacial score (nSPS) is 17.0. The zero-order valence-corrected chi connectivity index (χ0v) is 10.7. The summed E-state index contributed by atoms with van der Waals surface area (Å²) in [5.41, 5.74) is 14.4. The van der Waals surface area contributed by atoms with E-state index in [1.54, 1.807) is 0 Å². The third-order valence-corrected chi connectivity index (χ3v) is 2.49. The fourth-order valence-corrected chi connectivity index (χ4v) is 1.77. The summed E-state index contributed by atoms with van der Waals surface area (Å²) in [5.74, 6) is 0.798. The van der Waals surface area contributed by atoms with Crippen molar-refractivity contribution in [2.45, 2.75) is 58.7 Å². The Morgan fingerprint density at radius 3 is 2.06 bits per heavy atom. The molecule has 0 radical (unpaired) electrons. The summed E-state index contributed by atoms with van der Waals surface area (Å²) in [7, 11) is 0. The van der Waals surface area contributed by atoms with Gasteiger partial charge in [0.1, 0.15) is 0 Å². The van der Waals surface area contributed by atoms with Crippen LogP contribution in [0.2, 0.25) is 0 Å². The molecule has 0 aromatic carbocycles. The van der Waals surface area contributed by atoms with E-state index in [1.165, 1.54) is 0 Å². The maximum Gasteiger partial charge on any atom is 0.0775 e. The van der Waals surface area contributed by atoms with Crippen molar-refractivity contribution < 1.29 is 5.11 Å². The maximum absolute atomic E-state index is 10.0. The maximum atomic E-state index is 10.0. The molecule has 3 unspecified atom stereocenters. The van der Waals surface area contributed by atoms with Crippen molar-refractivity contribution in [1.29, 1.82) is 0 Å². The van der Waals surface area contributed by atoms with Crippen LogP contribution >= 0.6 is 0 Å². The Morgan fingerprint density at radius 2 is 1.69 bits per heavy atom. The average molecular weight is 228 g/mol. The third-order valence-electron chi connectivity index (χ3n) is 2.49. The molecular weight excluding hydrogens is 204 g/mol. The molecule has 5 nitrogen and oxygen atoms in total. The van der Waals surface area contributed by atoms with E-state index in [4.69, 9.17) is 11.3 Å². The average Bonchev–Trinajstić information content (AvgIpc) is 2.14. The van der Waals surface area contributed by atoms with E-state index in [0.29, 0.717) is 18.3 Å². The first-order chi connectivity index (χ1) is 7.38. The van der Waals surface area contributed by atoms with Crippen molar-refractivity contribution >= 4 is 0 Å². The van der Waals surface area contributed by atoms with Crippen LogP contribution in [0.1, 0.15) is 40.5 Å². The van der Waals surface area contributed by atoms with Gasteiger partial charge in [0.25, 0.3) is 0 Å². The van der Waals surface area contributed by atoms with Crippen LogP contribution in [-0.4, -0.2) is 23.3 Å². The molecule has 0 heterocycles. The number of rotatable bonds is 7. The number of hydrogen-bond acceptors (Lipinski definition) is 3. The SMILES string of the molecule is CC(C)CC(N)C(O)C(CC(C)C)N=[N+]=[N-]. The molecule has 5 heteroatoms. The highest BCUT2D eigenvalue weighted by Gasteiger charge is 2.25. The molecule has 0 aliphatic carbocycles. The first kappa shape index (κ1) is 15.2. The fourth-order valence-electron chi connectivity index (χ4n) is 1.77. The molecule has 3 N–H and O–H groups in total. The predicted molar refractivity (Wildman–Crippen MR) is 65.8 cm³/mol. The van der Waals surface area contributed by atoms with E-state index in [0.717, 1.165) is 6.42 Å². The van der Waals surface area contributed by atoms with E-state index < -0.39 is 12.1 Å². The van der Waals surface area contributed by atoms with Gasteiger partial charge in [0.05, 0.1) is 12.1 Å². The molecule has 0 saturated heterocycles. The quantitative estimate of drug-likeness (QED) is 0.397. The summed E-state index contributed by atoms with van der Waals surface area (Å²) in [6.45, 7) is 8.16. The van der Waals surface area contributed by atoms with Crippen LogP contribution < -0.4 is 5.73 Å². The highest BCUT2D eigenvalue weighted by molar-refractivity contribution is 4.85. The predicted octanol–water partition coefficient (Wildman–Crippen LogP) is 2.45. The molecule has 0 fully saturated rings. The van der Waals surface area contributed by atoms with E-state index in [-0.39, 0.29) is 6.04 Å². The van der Waals surface area contributed by atoms with E-state index in [1.807, 2.05) is 13.8 Å². The topological polar surface area (TPSA) is 95.0 Å². The van der Waals surface area contributed by atoms with Crippen molar-refractivity contribution in [3.05, 3.63) is 10.4 Å². The van der Waals surface area contributed by atoms with Gasteiger partial charge in [-0.15, -0.1) is 0 Å². The van der Waals surface area contributed by atoms with Gasteiger partial charge in [-0.2, -0.15) is 0 Å². The molecule has 0 aliphatic heterocycles. The molecule has 0 aromatic heterocycles. The summed E-state index contributed by atoms with van der Waals surface area (Å²) in [6, 6.07) is -0.743. The molecule has 0 saturated carbocycles. The molecule has 0 aliphatic rings. The Morgan fingerprint density at radius 1 is 1.19 bits per heavy atom. The zero-order chi connectivity index (χ0) is 12.7. The largest absolute Gasteiger partial charge is 0.391 e. The van der Waals surface area contributed by atoms with Gasteiger partial charge in [-0.1, -0.05) is 32.8 Å². The second-order valence-electron chi connectivity index (χ2n) is 5.19. The van der Waals surface area contributed by atoms with Crippen LogP contribution in [-0.2, 0) is 0 Å². The summed E-state index contributed by atoms with van der Waals surface area (Å²) >= 11 is 0. The van der Waals surface area contributed by atoms with Crippen LogP contribution in [0, 0.1) is 11.8 Å². The van der Waals surface area contributed by atoms with Crippen LogP contribution in [0.4, 0.5) is 0 Å². The molecule has 0 bridgehead atoms. The van der Waals surface area contributed by atoms with Crippen LogP contribution in [0.25, 0.3) is 10.4 Å². The Bertz CT molecular complexity index is 236. The number of hydrogen-bond donors (Lipinski definition) is 2. The van der Waals surface area contributed by atoms with Crippen molar-refractivity contribution in [2.24, 2.45) is 22.7 Å². The lowest BCUT2D eigenvalue weighted by atomic mass is 9.91. The number of aliphatic hydroxyl groups excluding tert-OH is 1. The third kappa shape index (κ3) is 5.95. The highest BCUT2D eigenvalue weighted by Crippen LogP contribution is 2.17. The van der Waals surface area contributed by atoms with Gasteiger partial charge in [0.2, 0.25) is 0 Å². The molecule has 0 rings (SSSR count). The van der Waals surface area contributed by atoms with Crippen molar-refractivity contribution in [3.63, 3.8) is 0 Å². The van der Waals surface area contributed by atoms with Crippen LogP contribution in [0.15, 0.2) is 5.11 Å². The van der Waals surface area contributed by atoms with Crippen molar-refractivity contribution in [1.82, 2.24) is 0 Å². The van der Waals surface area contributed by atoms with E-state index >= 15 is 0 Å². The lowest BCUT2D eigenvalue weighted by molar-refractivity contribution is 0.0994.